The van der Waals surface area contributed by atoms with Crippen molar-refractivity contribution in [2.45, 2.75) is 25.7 Å². The van der Waals surface area contributed by atoms with Crippen molar-refractivity contribution in [3.63, 3.8) is 0 Å². The zero-order valence-electron chi connectivity index (χ0n) is 10.1. The third kappa shape index (κ3) is 2.55. The van der Waals surface area contributed by atoms with Crippen molar-refractivity contribution in [1.82, 2.24) is 10.2 Å². The van der Waals surface area contributed by atoms with Crippen LogP contribution in [0.2, 0.25) is 0 Å². The summed E-state index contributed by atoms with van der Waals surface area (Å²) < 4.78 is 5.06. The van der Waals surface area contributed by atoms with Crippen molar-refractivity contribution in [2.75, 3.05) is 39.9 Å². The maximum absolute atomic E-state index is 11.8. The summed E-state index contributed by atoms with van der Waals surface area (Å²) in [6, 6.07) is 0. The van der Waals surface area contributed by atoms with E-state index in [0.29, 0.717) is 24.3 Å². The number of carbonyl (C=O) groups is 1. The molecule has 1 atom stereocenters. The fourth-order valence-corrected chi connectivity index (χ4v) is 2.89. The number of amides is 1. The first-order valence-electron chi connectivity index (χ1n) is 6.23. The van der Waals surface area contributed by atoms with E-state index < -0.39 is 0 Å². The summed E-state index contributed by atoms with van der Waals surface area (Å²) in [7, 11) is 1.69. The topological polar surface area (TPSA) is 41.6 Å². The molecule has 0 radical (unpaired) electrons. The van der Waals surface area contributed by atoms with Gasteiger partial charge in [-0.05, 0) is 25.8 Å². The number of rotatable bonds is 3. The standard InChI is InChI=1S/C12H22N2O2/c1-16-8-7-14-10-12(5-3-11(14)15)4-2-6-13-9-12/h13H,2-10H2,1H3. The van der Waals surface area contributed by atoms with Crippen LogP contribution in [0.4, 0.5) is 0 Å². The molecule has 1 unspecified atom stereocenters. The van der Waals surface area contributed by atoms with Crippen molar-refractivity contribution in [3.8, 4) is 0 Å². The lowest BCUT2D eigenvalue weighted by Crippen LogP contribution is -2.53. The van der Waals surface area contributed by atoms with Crippen LogP contribution in [-0.4, -0.2) is 50.7 Å². The maximum atomic E-state index is 11.8. The molecule has 2 aliphatic heterocycles. The summed E-state index contributed by atoms with van der Waals surface area (Å²) in [6.45, 7) is 4.52. The Labute approximate surface area is 97.3 Å². The van der Waals surface area contributed by atoms with E-state index in [1.165, 1.54) is 12.8 Å². The normalized spacial score (nSPS) is 31.1. The molecule has 4 heteroatoms. The van der Waals surface area contributed by atoms with Crippen LogP contribution in [0.15, 0.2) is 0 Å². The van der Waals surface area contributed by atoms with Gasteiger partial charge in [0.05, 0.1) is 6.61 Å². The van der Waals surface area contributed by atoms with Gasteiger partial charge in [0, 0.05) is 38.6 Å². The van der Waals surface area contributed by atoms with Crippen LogP contribution < -0.4 is 5.32 Å². The Balaban J connectivity index is 1.94. The summed E-state index contributed by atoms with van der Waals surface area (Å²) in [5.41, 5.74) is 0.347. The van der Waals surface area contributed by atoms with Crippen molar-refractivity contribution in [3.05, 3.63) is 0 Å². The quantitative estimate of drug-likeness (QED) is 0.767. The fourth-order valence-electron chi connectivity index (χ4n) is 2.89. The molecule has 4 nitrogen and oxygen atoms in total. The summed E-state index contributed by atoms with van der Waals surface area (Å²) >= 11 is 0. The predicted octanol–water partition coefficient (Wildman–Crippen LogP) is 0.625. The SMILES string of the molecule is COCCN1CC2(CCCNC2)CCC1=O. The van der Waals surface area contributed by atoms with Crippen molar-refractivity contribution in [2.24, 2.45) is 5.41 Å². The number of methoxy groups -OCH3 is 1. The van der Waals surface area contributed by atoms with Gasteiger partial charge in [0.2, 0.25) is 5.91 Å². The molecule has 0 aromatic heterocycles. The smallest absolute Gasteiger partial charge is 0.222 e. The highest BCUT2D eigenvalue weighted by Crippen LogP contribution is 2.36. The lowest BCUT2D eigenvalue weighted by molar-refractivity contribution is -0.138. The lowest BCUT2D eigenvalue weighted by Gasteiger charge is -2.45. The Kier molecular flexibility index (Phi) is 3.82. The first-order chi connectivity index (χ1) is 7.76. The fraction of sp³-hybridized carbons (Fsp3) is 0.917. The third-order valence-corrected chi connectivity index (χ3v) is 3.87. The van der Waals surface area contributed by atoms with Gasteiger partial charge < -0.3 is 15.0 Å². The molecule has 2 rings (SSSR count). The molecule has 1 spiro atoms. The Hall–Kier alpha value is -0.610. The van der Waals surface area contributed by atoms with Gasteiger partial charge in [0.15, 0.2) is 0 Å². The molecule has 2 saturated heterocycles. The molecule has 1 N–H and O–H groups in total. The molecule has 92 valence electrons. The summed E-state index contributed by atoms with van der Waals surface area (Å²) in [5.74, 6) is 0.299. The second kappa shape index (κ2) is 5.15. The second-order valence-corrected chi connectivity index (χ2v) is 5.09. The van der Waals surface area contributed by atoms with Crippen LogP contribution in [0, 0.1) is 5.41 Å². The summed E-state index contributed by atoms with van der Waals surface area (Å²) in [4.78, 5) is 13.8. The number of carbonyl (C=O) groups excluding carboxylic acids is 1. The Morgan fingerprint density at radius 1 is 1.50 bits per heavy atom. The minimum absolute atomic E-state index is 0.299. The highest BCUT2D eigenvalue weighted by molar-refractivity contribution is 5.77. The molecular weight excluding hydrogens is 204 g/mol. The largest absolute Gasteiger partial charge is 0.383 e. The van der Waals surface area contributed by atoms with Crippen LogP contribution in [0.3, 0.4) is 0 Å². The number of piperidine rings is 2. The van der Waals surface area contributed by atoms with E-state index in [1.807, 2.05) is 4.90 Å². The number of hydrogen-bond donors (Lipinski definition) is 1. The predicted molar refractivity (Wildman–Crippen MR) is 62.2 cm³/mol. The zero-order chi connectivity index (χ0) is 11.4. The molecule has 1 amide bonds. The average Bonchev–Trinajstić information content (AvgIpc) is 2.32. The molecule has 0 saturated carbocycles. The van der Waals surface area contributed by atoms with Crippen LogP contribution in [0.1, 0.15) is 25.7 Å². The first-order valence-corrected chi connectivity index (χ1v) is 6.23. The number of hydrogen-bond acceptors (Lipinski definition) is 3. The molecule has 0 aliphatic carbocycles. The monoisotopic (exact) mass is 226 g/mol. The maximum Gasteiger partial charge on any atom is 0.222 e. The van der Waals surface area contributed by atoms with Gasteiger partial charge in [0.25, 0.3) is 0 Å². The number of nitrogens with one attached hydrogen (secondary N) is 1. The number of likely N-dealkylation sites (tertiary alicyclic amines) is 1. The van der Waals surface area contributed by atoms with E-state index in [9.17, 15) is 4.79 Å². The van der Waals surface area contributed by atoms with Gasteiger partial charge in [0.1, 0.15) is 0 Å². The Morgan fingerprint density at radius 2 is 2.38 bits per heavy atom. The highest BCUT2D eigenvalue weighted by Gasteiger charge is 2.39. The minimum atomic E-state index is 0.299. The van der Waals surface area contributed by atoms with Gasteiger partial charge in [-0.25, -0.2) is 0 Å². The van der Waals surface area contributed by atoms with E-state index in [4.69, 9.17) is 4.74 Å². The highest BCUT2D eigenvalue weighted by atomic mass is 16.5. The van der Waals surface area contributed by atoms with Crippen LogP contribution in [-0.2, 0) is 9.53 Å². The molecule has 16 heavy (non-hydrogen) atoms. The lowest BCUT2D eigenvalue weighted by atomic mass is 9.74. The van der Waals surface area contributed by atoms with Gasteiger partial charge >= 0.3 is 0 Å². The van der Waals surface area contributed by atoms with Gasteiger partial charge in [-0.2, -0.15) is 0 Å². The minimum Gasteiger partial charge on any atom is -0.383 e. The van der Waals surface area contributed by atoms with Gasteiger partial charge in [-0.3, -0.25) is 4.79 Å². The molecule has 0 aromatic carbocycles. The summed E-state index contributed by atoms with van der Waals surface area (Å²) in [6.07, 6.45) is 4.27. The van der Waals surface area contributed by atoms with Crippen molar-refractivity contribution < 1.29 is 9.53 Å². The van der Waals surface area contributed by atoms with Crippen LogP contribution >= 0.6 is 0 Å². The van der Waals surface area contributed by atoms with Gasteiger partial charge in [-0.1, -0.05) is 0 Å². The average molecular weight is 226 g/mol. The van der Waals surface area contributed by atoms with E-state index >= 15 is 0 Å². The Bertz CT molecular complexity index is 249. The molecule has 2 fully saturated rings. The summed E-state index contributed by atoms with van der Waals surface area (Å²) in [5, 5.41) is 3.47. The van der Waals surface area contributed by atoms with E-state index in [-0.39, 0.29) is 0 Å². The second-order valence-electron chi connectivity index (χ2n) is 5.09. The van der Waals surface area contributed by atoms with E-state index in [1.54, 1.807) is 7.11 Å². The number of nitrogens with zero attached hydrogens (tertiary/aromatic N) is 1. The molecule has 0 aromatic rings. The molecule has 2 heterocycles. The molecule has 2 aliphatic rings. The van der Waals surface area contributed by atoms with E-state index in [0.717, 1.165) is 32.6 Å². The first kappa shape index (κ1) is 11.9. The van der Waals surface area contributed by atoms with Crippen molar-refractivity contribution >= 4 is 5.91 Å². The van der Waals surface area contributed by atoms with Crippen molar-refractivity contribution in [1.29, 1.82) is 0 Å². The number of ether oxygens (including phenoxy) is 1. The van der Waals surface area contributed by atoms with Crippen LogP contribution in [0.5, 0.6) is 0 Å². The van der Waals surface area contributed by atoms with Crippen LogP contribution in [0.25, 0.3) is 0 Å². The molecule has 0 bridgehead atoms. The van der Waals surface area contributed by atoms with Gasteiger partial charge in [-0.15, -0.1) is 0 Å². The zero-order valence-corrected chi connectivity index (χ0v) is 10.1. The Morgan fingerprint density at radius 3 is 3.06 bits per heavy atom. The molecular formula is C12H22N2O2. The van der Waals surface area contributed by atoms with E-state index in [2.05, 4.69) is 5.32 Å². The third-order valence-electron chi connectivity index (χ3n) is 3.87.